The van der Waals surface area contributed by atoms with Gasteiger partial charge in [-0.1, -0.05) is 12.1 Å². The van der Waals surface area contributed by atoms with E-state index in [1.807, 2.05) is 31.2 Å². The van der Waals surface area contributed by atoms with Crippen LogP contribution in [-0.2, 0) is 0 Å². The maximum absolute atomic E-state index is 5.52. The molecule has 0 atom stereocenters. The van der Waals surface area contributed by atoms with Crippen molar-refractivity contribution in [2.24, 2.45) is 0 Å². The second kappa shape index (κ2) is 5.16. The number of rotatable bonds is 4. The molecule has 0 aliphatic heterocycles. The van der Waals surface area contributed by atoms with E-state index in [4.69, 9.17) is 10.5 Å². The highest BCUT2D eigenvalue weighted by Crippen LogP contribution is 2.26. The molecule has 3 N–H and O–H groups in total. The summed E-state index contributed by atoms with van der Waals surface area (Å²) >= 11 is 0. The van der Waals surface area contributed by atoms with Gasteiger partial charge in [-0.15, -0.1) is 0 Å². The summed E-state index contributed by atoms with van der Waals surface area (Å²) in [6, 6.07) is 9.42. The number of nitrogens with two attached hydrogens (primary N) is 1. The Morgan fingerprint density at radius 1 is 1.29 bits per heavy atom. The lowest BCUT2D eigenvalue weighted by Crippen LogP contribution is -2.01. The Labute approximate surface area is 99.7 Å². The van der Waals surface area contributed by atoms with E-state index >= 15 is 0 Å². The molecule has 0 spiro atoms. The Bertz CT molecular complexity index is 501. The standard InChI is InChI=1S/C12H14N4O/c1-2-17-10-6-4-3-5-9(10)15-11-7-8-14-12(13)16-11/h3-8H,2H2,1H3,(H3,13,14,15,16). The van der Waals surface area contributed by atoms with Gasteiger partial charge in [0.25, 0.3) is 0 Å². The second-order valence-electron chi connectivity index (χ2n) is 3.35. The van der Waals surface area contributed by atoms with Crippen molar-refractivity contribution in [3.05, 3.63) is 36.5 Å². The van der Waals surface area contributed by atoms with Crippen LogP contribution in [-0.4, -0.2) is 16.6 Å². The number of ether oxygens (including phenoxy) is 1. The predicted molar refractivity (Wildman–Crippen MR) is 67.3 cm³/mol. The number of nitrogens with zero attached hydrogens (tertiary/aromatic N) is 2. The number of benzene rings is 1. The number of para-hydroxylation sites is 2. The minimum absolute atomic E-state index is 0.240. The number of nitrogens with one attached hydrogen (secondary N) is 1. The summed E-state index contributed by atoms with van der Waals surface area (Å²) in [7, 11) is 0. The van der Waals surface area contributed by atoms with Gasteiger partial charge in [0.2, 0.25) is 5.95 Å². The van der Waals surface area contributed by atoms with Crippen molar-refractivity contribution in [2.75, 3.05) is 17.7 Å². The molecule has 2 rings (SSSR count). The van der Waals surface area contributed by atoms with Gasteiger partial charge in [0, 0.05) is 6.20 Å². The highest BCUT2D eigenvalue weighted by Gasteiger charge is 2.03. The first-order valence-electron chi connectivity index (χ1n) is 5.37. The summed E-state index contributed by atoms with van der Waals surface area (Å²) in [5, 5.41) is 3.14. The van der Waals surface area contributed by atoms with Crippen molar-refractivity contribution in [2.45, 2.75) is 6.92 Å². The maximum Gasteiger partial charge on any atom is 0.221 e. The topological polar surface area (TPSA) is 73.1 Å². The third kappa shape index (κ3) is 2.84. The van der Waals surface area contributed by atoms with Crippen LogP contribution in [0.25, 0.3) is 0 Å². The van der Waals surface area contributed by atoms with Crippen LogP contribution in [0.15, 0.2) is 36.5 Å². The summed E-state index contributed by atoms with van der Waals surface area (Å²) < 4.78 is 5.50. The molecule has 2 aromatic rings. The molecule has 5 nitrogen and oxygen atoms in total. The lowest BCUT2D eigenvalue weighted by molar-refractivity contribution is 0.342. The van der Waals surface area contributed by atoms with Crippen molar-refractivity contribution >= 4 is 17.5 Å². The first-order chi connectivity index (χ1) is 8.29. The second-order valence-corrected chi connectivity index (χ2v) is 3.35. The van der Waals surface area contributed by atoms with Crippen LogP contribution < -0.4 is 15.8 Å². The van der Waals surface area contributed by atoms with Crippen molar-refractivity contribution in [3.63, 3.8) is 0 Å². The molecule has 0 aliphatic carbocycles. The molecular formula is C12H14N4O. The van der Waals surface area contributed by atoms with Crippen LogP contribution in [0, 0.1) is 0 Å². The normalized spacial score (nSPS) is 9.94. The third-order valence-corrected chi connectivity index (χ3v) is 2.12. The molecular weight excluding hydrogens is 216 g/mol. The van der Waals surface area contributed by atoms with Crippen LogP contribution in [0.5, 0.6) is 5.75 Å². The van der Waals surface area contributed by atoms with E-state index < -0.39 is 0 Å². The summed E-state index contributed by atoms with van der Waals surface area (Å²) in [6.07, 6.45) is 1.61. The van der Waals surface area contributed by atoms with Gasteiger partial charge < -0.3 is 15.8 Å². The molecule has 0 saturated carbocycles. The fourth-order valence-corrected chi connectivity index (χ4v) is 1.43. The molecule has 0 fully saturated rings. The number of hydrogen-bond donors (Lipinski definition) is 2. The van der Waals surface area contributed by atoms with Gasteiger partial charge in [-0.2, -0.15) is 4.98 Å². The zero-order valence-electron chi connectivity index (χ0n) is 9.55. The van der Waals surface area contributed by atoms with Crippen molar-refractivity contribution < 1.29 is 4.74 Å². The average molecular weight is 230 g/mol. The van der Waals surface area contributed by atoms with Crippen LogP contribution >= 0.6 is 0 Å². The van der Waals surface area contributed by atoms with Gasteiger partial charge >= 0.3 is 0 Å². The van der Waals surface area contributed by atoms with Gasteiger partial charge in [0.05, 0.1) is 12.3 Å². The monoisotopic (exact) mass is 230 g/mol. The third-order valence-electron chi connectivity index (χ3n) is 2.12. The number of hydrogen-bond acceptors (Lipinski definition) is 5. The molecule has 88 valence electrons. The Balaban J connectivity index is 2.23. The number of aromatic nitrogens is 2. The number of nitrogen functional groups attached to an aromatic ring is 1. The molecule has 0 radical (unpaired) electrons. The van der Waals surface area contributed by atoms with Crippen molar-refractivity contribution in [1.82, 2.24) is 9.97 Å². The Morgan fingerprint density at radius 3 is 2.88 bits per heavy atom. The van der Waals surface area contributed by atoms with Gasteiger partial charge in [-0.3, -0.25) is 0 Å². The molecule has 0 aliphatic rings. The molecule has 0 saturated heterocycles. The molecule has 1 aromatic carbocycles. The van der Waals surface area contributed by atoms with Crippen LogP contribution in [0.4, 0.5) is 17.5 Å². The van der Waals surface area contributed by atoms with Crippen LogP contribution in [0.1, 0.15) is 6.92 Å². The first kappa shape index (κ1) is 11.2. The SMILES string of the molecule is CCOc1ccccc1Nc1ccnc(N)n1. The number of anilines is 3. The Morgan fingerprint density at radius 2 is 2.12 bits per heavy atom. The molecule has 17 heavy (non-hydrogen) atoms. The van der Waals surface area contributed by atoms with E-state index in [0.717, 1.165) is 11.4 Å². The zero-order chi connectivity index (χ0) is 12.1. The van der Waals surface area contributed by atoms with Crippen LogP contribution in [0.2, 0.25) is 0 Å². The van der Waals surface area contributed by atoms with E-state index in [1.165, 1.54) is 0 Å². The van der Waals surface area contributed by atoms with E-state index in [1.54, 1.807) is 12.3 Å². The highest BCUT2D eigenvalue weighted by atomic mass is 16.5. The van der Waals surface area contributed by atoms with Gasteiger partial charge in [-0.05, 0) is 25.1 Å². The fourth-order valence-electron chi connectivity index (χ4n) is 1.43. The van der Waals surface area contributed by atoms with Crippen LogP contribution in [0.3, 0.4) is 0 Å². The Hall–Kier alpha value is -2.30. The predicted octanol–water partition coefficient (Wildman–Crippen LogP) is 2.20. The molecule has 0 amide bonds. The zero-order valence-corrected chi connectivity index (χ0v) is 9.55. The Kier molecular flexibility index (Phi) is 3.40. The van der Waals surface area contributed by atoms with E-state index in [9.17, 15) is 0 Å². The summed E-state index contributed by atoms with van der Waals surface area (Å²) in [5.74, 6) is 1.67. The van der Waals surface area contributed by atoms with Gasteiger partial charge in [0.15, 0.2) is 0 Å². The van der Waals surface area contributed by atoms with E-state index in [-0.39, 0.29) is 5.95 Å². The minimum Gasteiger partial charge on any atom is -0.492 e. The fraction of sp³-hybridized carbons (Fsp3) is 0.167. The largest absolute Gasteiger partial charge is 0.492 e. The quantitative estimate of drug-likeness (QED) is 0.842. The van der Waals surface area contributed by atoms with Gasteiger partial charge in [-0.25, -0.2) is 4.98 Å². The lowest BCUT2D eigenvalue weighted by Gasteiger charge is -2.11. The maximum atomic E-state index is 5.52. The van der Waals surface area contributed by atoms with Crippen molar-refractivity contribution in [3.8, 4) is 5.75 Å². The summed E-state index contributed by atoms with van der Waals surface area (Å²) in [5.41, 5.74) is 6.37. The highest BCUT2D eigenvalue weighted by molar-refractivity contribution is 5.64. The van der Waals surface area contributed by atoms with Gasteiger partial charge in [0.1, 0.15) is 11.6 Å². The summed E-state index contributed by atoms with van der Waals surface area (Å²) in [4.78, 5) is 7.91. The van der Waals surface area contributed by atoms with E-state index in [2.05, 4.69) is 15.3 Å². The van der Waals surface area contributed by atoms with E-state index in [0.29, 0.717) is 12.4 Å². The molecule has 1 heterocycles. The molecule has 0 bridgehead atoms. The molecule has 5 heteroatoms. The first-order valence-corrected chi connectivity index (χ1v) is 5.37. The summed E-state index contributed by atoms with van der Waals surface area (Å²) in [6.45, 7) is 2.56. The minimum atomic E-state index is 0.240. The smallest absolute Gasteiger partial charge is 0.221 e. The van der Waals surface area contributed by atoms with Crippen molar-refractivity contribution in [1.29, 1.82) is 0 Å². The lowest BCUT2D eigenvalue weighted by atomic mass is 10.3. The molecule has 1 aromatic heterocycles. The molecule has 0 unspecified atom stereocenters. The average Bonchev–Trinajstić information content (AvgIpc) is 2.32.